The minimum atomic E-state index is -5.08. The number of carboxylic acids is 2. The summed E-state index contributed by atoms with van der Waals surface area (Å²) in [5.74, 6) is -5.26. The predicted molar refractivity (Wildman–Crippen MR) is 189 cm³/mol. The molecular weight excluding hydrogens is 815 g/mol. The Kier molecular flexibility index (Phi) is 18.5. The number of alkyl halides is 6. The molecule has 2 amide bonds. The molecule has 3 N–H and O–H groups in total. The van der Waals surface area contributed by atoms with Crippen LogP contribution in [-0.4, -0.2) is 137 Å². The van der Waals surface area contributed by atoms with E-state index in [1.807, 2.05) is 19.9 Å². The molecule has 2 saturated heterocycles. The normalized spacial score (nSPS) is 15.8. The summed E-state index contributed by atoms with van der Waals surface area (Å²) < 4.78 is 77.8. The maximum absolute atomic E-state index is 13.7. The summed E-state index contributed by atoms with van der Waals surface area (Å²) in [7, 11) is 2.19. The fourth-order valence-corrected chi connectivity index (χ4v) is 5.85. The van der Waals surface area contributed by atoms with Gasteiger partial charge in [-0.05, 0) is 92.1 Å². The fourth-order valence-electron chi connectivity index (χ4n) is 5.44. The van der Waals surface area contributed by atoms with Gasteiger partial charge in [-0.15, -0.1) is 0 Å². The Bertz CT molecular complexity index is 1560. The Hall–Kier alpha value is -4.33. The van der Waals surface area contributed by atoms with Crippen LogP contribution in [0.5, 0.6) is 0 Å². The summed E-state index contributed by atoms with van der Waals surface area (Å²) in [5, 5.41) is 25.2. The maximum Gasteiger partial charge on any atom is 0.490 e. The molecule has 0 radical (unpaired) electrons. The van der Waals surface area contributed by atoms with Gasteiger partial charge < -0.3 is 20.0 Å². The van der Waals surface area contributed by atoms with Gasteiger partial charge in [-0.3, -0.25) is 14.8 Å². The molecule has 55 heavy (non-hydrogen) atoms. The van der Waals surface area contributed by atoms with E-state index in [1.165, 1.54) is 31.2 Å². The smallest absolute Gasteiger partial charge is 0.475 e. The molecule has 0 aliphatic carbocycles. The van der Waals surface area contributed by atoms with E-state index in [0.717, 1.165) is 52.2 Å². The number of hydrogen-bond donors (Lipinski definition) is 3. The van der Waals surface area contributed by atoms with Gasteiger partial charge in [-0.1, -0.05) is 13.8 Å². The van der Waals surface area contributed by atoms with Crippen LogP contribution in [0.3, 0.4) is 0 Å². The Morgan fingerprint density at radius 1 is 0.982 bits per heavy atom. The summed E-state index contributed by atoms with van der Waals surface area (Å²) in [4.78, 5) is 49.0. The van der Waals surface area contributed by atoms with Crippen LogP contribution in [0.1, 0.15) is 38.9 Å². The highest BCUT2D eigenvalue weighted by Crippen LogP contribution is 2.24. The molecule has 2 fully saturated rings. The van der Waals surface area contributed by atoms with Crippen molar-refractivity contribution < 1.29 is 55.3 Å². The van der Waals surface area contributed by atoms with Gasteiger partial charge in [0.1, 0.15) is 11.9 Å². The molecular formula is C33H43BrF7N9O5. The van der Waals surface area contributed by atoms with Gasteiger partial charge in [0.2, 0.25) is 5.82 Å². The van der Waals surface area contributed by atoms with E-state index in [2.05, 4.69) is 53.1 Å². The largest absolute Gasteiger partial charge is 0.490 e. The molecule has 0 bridgehead atoms. The Morgan fingerprint density at radius 3 is 1.98 bits per heavy atom. The predicted octanol–water partition coefficient (Wildman–Crippen LogP) is 5.21. The molecule has 0 spiro atoms. The number of piperidine rings is 1. The minimum Gasteiger partial charge on any atom is -0.475 e. The molecule has 2 aliphatic rings. The Labute approximate surface area is 321 Å². The number of nitrogens with one attached hydrogen (secondary N) is 1. The quantitative estimate of drug-likeness (QED) is 0.211. The summed E-state index contributed by atoms with van der Waals surface area (Å²) in [6.45, 7) is 12.6. The maximum atomic E-state index is 13.7. The molecule has 22 heteroatoms. The Morgan fingerprint density at radius 2 is 1.51 bits per heavy atom. The third kappa shape index (κ3) is 16.5. The van der Waals surface area contributed by atoms with Crippen molar-refractivity contribution in [1.29, 1.82) is 5.26 Å². The van der Waals surface area contributed by atoms with Gasteiger partial charge in [-0.2, -0.15) is 36.6 Å². The minimum absolute atomic E-state index is 0.0120. The number of amides is 2. The first-order valence-corrected chi connectivity index (χ1v) is 17.7. The van der Waals surface area contributed by atoms with Crippen molar-refractivity contribution in [3.8, 4) is 6.07 Å². The van der Waals surface area contributed by atoms with Crippen LogP contribution in [0.25, 0.3) is 0 Å². The number of hydrazine groups is 1. The zero-order valence-corrected chi connectivity index (χ0v) is 31.8. The van der Waals surface area contributed by atoms with Crippen LogP contribution in [0.2, 0.25) is 0 Å². The summed E-state index contributed by atoms with van der Waals surface area (Å²) >= 11 is 3.45. The lowest BCUT2D eigenvalue weighted by Crippen LogP contribution is -2.53. The number of nitrogens with zero attached hydrogens (tertiary/aromatic N) is 8. The molecule has 2 aromatic rings. The SMILES string of the molecule is CC(C)CN(NC(=O)N(CCCN1CCC(N2CCN(C)CC2)CC1)c1ccc(F)cc1)c1nc(C#N)ncc1Br.O=C(O)C(F)(F)F.O=C(O)C(F)(F)F. The number of benzene rings is 1. The number of hydrogen-bond acceptors (Lipinski definition) is 10. The molecule has 1 aromatic carbocycles. The number of anilines is 2. The molecule has 2 aliphatic heterocycles. The van der Waals surface area contributed by atoms with E-state index in [4.69, 9.17) is 19.8 Å². The number of urea groups is 1. The molecule has 0 atom stereocenters. The van der Waals surface area contributed by atoms with E-state index in [1.54, 1.807) is 22.0 Å². The van der Waals surface area contributed by atoms with Gasteiger partial charge in [0, 0.05) is 57.2 Å². The van der Waals surface area contributed by atoms with E-state index >= 15 is 0 Å². The molecule has 0 saturated carbocycles. The number of halogens is 8. The van der Waals surface area contributed by atoms with Crippen molar-refractivity contribution >= 4 is 45.4 Å². The number of likely N-dealkylation sites (tertiary alicyclic amines) is 1. The van der Waals surface area contributed by atoms with Crippen molar-refractivity contribution in [3.05, 3.63) is 46.6 Å². The van der Waals surface area contributed by atoms with E-state index in [0.29, 0.717) is 35.1 Å². The van der Waals surface area contributed by atoms with Crippen LogP contribution in [0, 0.1) is 23.1 Å². The lowest BCUT2D eigenvalue weighted by atomic mass is 10.0. The highest BCUT2D eigenvalue weighted by atomic mass is 79.9. The first-order chi connectivity index (χ1) is 25.6. The second-order valence-corrected chi connectivity index (χ2v) is 13.8. The highest BCUT2D eigenvalue weighted by Gasteiger charge is 2.39. The van der Waals surface area contributed by atoms with E-state index < -0.39 is 24.3 Å². The number of carbonyl (C=O) groups excluding carboxylic acids is 1. The van der Waals surface area contributed by atoms with Crippen molar-refractivity contribution in [2.45, 2.75) is 51.5 Å². The summed E-state index contributed by atoms with van der Waals surface area (Å²) in [5.41, 5.74) is 3.59. The van der Waals surface area contributed by atoms with Crippen molar-refractivity contribution in [1.82, 2.24) is 30.1 Å². The lowest BCUT2D eigenvalue weighted by Gasteiger charge is -2.42. The summed E-state index contributed by atoms with van der Waals surface area (Å²) in [6, 6.07) is 8.24. The van der Waals surface area contributed by atoms with Crippen LogP contribution in [0.15, 0.2) is 34.9 Å². The molecule has 3 heterocycles. The second kappa shape index (κ2) is 21.7. The molecule has 14 nitrogen and oxygen atoms in total. The number of likely N-dealkylation sites (N-methyl/N-ethyl adjacent to an activating group) is 1. The number of aromatic nitrogens is 2. The standard InChI is InChI=1S/C29H41BrFN9O.2C2HF3O2/c1-22(2)21-40(28-26(30)20-33-27(19-32)34-28)35-29(41)39(25-7-5-23(31)6-8-25)12-4-11-37-13-9-24(10-14-37)38-17-15-36(3)16-18-38;2*3-2(4,5)1(6)7/h5-8,20,22,24H,4,9-18,21H2,1-3H3,(H,35,41);2*(H,6,7). The topological polar surface area (TPSA) is 169 Å². The van der Waals surface area contributed by atoms with Crippen LogP contribution < -0.4 is 15.3 Å². The number of aliphatic carboxylic acids is 2. The van der Waals surface area contributed by atoms with Crippen LogP contribution in [-0.2, 0) is 9.59 Å². The van der Waals surface area contributed by atoms with E-state index in [9.17, 15) is 40.8 Å². The lowest BCUT2D eigenvalue weighted by molar-refractivity contribution is -0.193. The zero-order chi connectivity index (χ0) is 41.5. The number of nitriles is 1. The monoisotopic (exact) mass is 857 g/mol. The second-order valence-electron chi connectivity index (χ2n) is 12.9. The first kappa shape index (κ1) is 46.8. The fraction of sp³-hybridized carbons (Fsp3) is 0.576. The van der Waals surface area contributed by atoms with Crippen molar-refractivity contribution in [3.63, 3.8) is 0 Å². The third-order valence-corrected chi connectivity index (χ3v) is 8.75. The summed E-state index contributed by atoms with van der Waals surface area (Å²) in [6.07, 6.45) is -5.53. The Balaban J connectivity index is 0.000000633. The van der Waals surface area contributed by atoms with Gasteiger partial charge in [-0.25, -0.2) is 29.2 Å². The zero-order valence-electron chi connectivity index (χ0n) is 30.2. The number of piperazine rings is 1. The number of carbonyl (C=O) groups is 3. The van der Waals surface area contributed by atoms with Crippen molar-refractivity contribution in [2.24, 2.45) is 5.92 Å². The van der Waals surface area contributed by atoms with Gasteiger partial charge in [0.05, 0.1) is 4.47 Å². The van der Waals surface area contributed by atoms with Crippen LogP contribution >= 0.6 is 15.9 Å². The molecule has 4 rings (SSSR count). The third-order valence-electron chi connectivity index (χ3n) is 8.20. The number of carboxylic acid groups (broad SMARTS) is 2. The highest BCUT2D eigenvalue weighted by molar-refractivity contribution is 9.10. The molecule has 1 aromatic heterocycles. The van der Waals surface area contributed by atoms with Crippen LogP contribution in [0.4, 0.5) is 47.0 Å². The first-order valence-electron chi connectivity index (χ1n) is 16.9. The average molecular weight is 859 g/mol. The van der Waals surface area contributed by atoms with Crippen molar-refractivity contribution in [2.75, 3.05) is 75.9 Å². The van der Waals surface area contributed by atoms with Gasteiger partial charge in [0.25, 0.3) is 0 Å². The van der Waals surface area contributed by atoms with E-state index in [-0.39, 0.29) is 23.6 Å². The van der Waals surface area contributed by atoms with Gasteiger partial charge in [0.15, 0.2) is 5.82 Å². The molecule has 0 unspecified atom stereocenters. The number of rotatable bonds is 10. The average Bonchev–Trinajstić information content (AvgIpc) is 3.11. The molecule has 306 valence electrons. The van der Waals surface area contributed by atoms with Gasteiger partial charge >= 0.3 is 30.3 Å².